The number of benzene rings is 2. The van der Waals surface area contributed by atoms with E-state index in [1.807, 2.05) is 25.1 Å². The summed E-state index contributed by atoms with van der Waals surface area (Å²) in [5.74, 6) is -1.59. The molecule has 206 valence electrons. The summed E-state index contributed by atoms with van der Waals surface area (Å²) in [6.45, 7) is 3.37. The Morgan fingerprint density at radius 1 is 1.10 bits per heavy atom. The third-order valence-electron chi connectivity index (χ3n) is 5.87. The lowest BCUT2D eigenvalue weighted by Crippen LogP contribution is -2.34. The van der Waals surface area contributed by atoms with Gasteiger partial charge in [0.15, 0.2) is 0 Å². The van der Waals surface area contributed by atoms with Crippen LogP contribution in [0.15, 0.2) is 54.6 Å². The summed E-state index contributed by atoms with van der Waals surface area (Å²) in [6.07, 6.45) is -0.176. The highest BCUT2D eigenvalue weighted by Gasteiger charge is 2.21. The van der Waals surface area contributed by atoms with Gasteiger partial charge in [-0.15, -0.1) is 0 Å². The fourth-order valence-electron chi connectivity index (χ4n) is 3.90. The molecule has 0 aliphatic carbocycles. The first-order valence-corrected chi connectivity index (χ1v) is 12.1. The van der Waals surface area contributed by atoms with Crippen LogP contribution < -0.4 is 15.7 Å². The van der Waals surface area contributed by atoms with Crippen molar-refractivity contribution in [2.24, 2.45) is 0 Å². The average Bonchev–Trinajstić information content (AvgIpc) is 3.34. The van der Waals surface area contributed by atoms with E-state index in [1.54, 1.807) is 43.4 Å². The van der Waals surface area contributed by atoms with E-state index in [2.05, 4.69) is 20.8 Å². The summed E-state index contributed by atoms with van der Waals surface area (Å²) < 4.78 is 0. The first-order chi connectivity index (χ1) is 18.6. The second-order valence-electron chi connectivity index (χ2n) is 8.98. The number of carboxylic acids is 1. The predicted molar refractivity (Wildman–Crippen MR) is 144 cm³/mol. The number of nitrogens with zero attached hydrogens (tertiary/aromatic N) is 3. The van der Waals surface area contributed by atoms with Crippen molar-refractivity contribution >= 4 is 35.2 Å². The van der Waals surface area contributed by atoms with Gasteiger partial charge in [-0.25, -0.2) is 4.79 Å². The Morgan fingerprint density at radius 2 is 1.79 bits per heavy atom. The number of aromatic nitrogens is 2. The standard InChI is InChI=1S/C27H32N6O6/c1-17-7-5-6-8-24(17)33(39-4)27(38)29-20-11-9-19(10-12-20)13-25(35)32(3)16-21-14-23(31-30-21)22(15-26(36)37)28-18(2)34/h5-12,14,22H,13,15-16H2,1-4H3,(H,28,34)(H,29,38)(H,30,31)(H,36,37). The quantitative estimate of drug-likeness (QED) is 0.274. The van der Waals surface area contributed by atoms with Gasteiger partial charge in [0.1, 0.15) is 0 Å². The number of para-hydroxylation sites is 1. The minimum atomic E-state index is -1.06. The molecule has 0 saturated heterocycles. The fourth-order valence-corrected chi connectivity index (χ4v) is 3.90. The van der Waals surface area contributed by atoms with Gasteiger partial charge in [-0.05, 0) is 42.3 Å². The number of aliphatic carboxylic acids is 1. The highest BCUT2D eigenvalue weighted by molar-refractivity contribution is 6.00. The summed E-state index contributed by atoms with van der Waals surface area (Å²) in [4.78, 5) is 54.9. The van der Waals surface area contributed by atoms with E-state index in [-0.39, 0.29) is 31.2 Å². The zero-order chi connectivity index (χ0) is 28.5. The van der Waals surface area contributed by atoms with Gasteiger partial charge < -0.3 is 20.6 Å². The molecule has 3 rings (SSSR count). The molecule has 12 nitrogen and oxygen atoms in total. The fraction of sp³-hybridized carbons (Fsp3) is 0.296. The zero-order valence-corrected chi connectivity index (χ0v) is 22.2. The van der Waals surface area contributed by atoms with Crippen LogP contribution in [-0.4, -0.2) is 58.2 Å². The van der Waals surface area contributed by atoms with Gasteiger partial charge in [0.05, 0.1) is 49.6 Å². The van der Waals surface area contributed by atoms with Gasteiger partial charge in [0.2, 0.25) is 11.8 Å². The van der Waals surface area contributed by atoms with E-state index in [9.17, 15) is 19.2 Å². The number of hydrogen-bond acceptors (Lipinski definition) is 6. The van der Waals surface area contributed by atoms with Crippen molar-refractivity contribution in [1.82, 2.24) is 20.4 Å². The Labute approximate surface area is 225 Å². The third kappa shape index (κ3) is 8.14. The minimum absolute atomic E-state index is 0.128. The van der Waals surface area contributed by atoms with Crippen LogP contribution in [0.3, 0.4) is 0 Å². The average molecular weight is 537 g/mol. The Kier molecular flexibility index (Phi) is 9.76. The van der Waals surface area contributed by atoms with E-state index in [0.717, 1.165) is 11.1 Å². The number of rotatable bonds is 11. The number of carbonyl (C=O) groups is 4. The topological polar surface area (TPSA) is 157 Å². The van der Waals surface area contributed by atoms with Crippen molar-refractivity contribution in [2.75, 3.05) is 24.5 Å². The van der Waals surface area contributed by atoms with Gasteiger partial charge >= 0.3 is 12.0 Å². The minimum Gasteiger partial charge on any atom is -0.481 e. The number of carboxylic acid groups (broad SMARTS) is 1. The SMILES string of the molecule is CON(C(=O)Nc1ccc(CC(=O)N(C)Cc2cc(C(CC(=O)O)NC(C)=O)[nH]n2)cc1)c1ccccc1C. The van der Waals surface area contributed by atoms with E-state index >= 15 is 0 Å². The second-order valence-corrected chi connectivity index (χ2v) is 8.98. The number of aryl methyl sites for hydroxylation is 1. The van der Waals surface area contributed by atoms with Crippen LogP contribution >= 0.6 is 0 Å². The summed E-state index contributed by atoms with van der Waals surface area (Å²) in [5, 5.41) is 22.5. The number of carbonyl (C=O) groups excluding carboxylic acids is 3. The van der Waals surface area contributed by atoms with E-state index in [1.165, 1.54) is 24.0 Å². The molecule has 4 N–H and O–H groups in total. The normalized spacial score (nSPS) is 11.4. The van der Waals surface area contributed by atoms with Crippen molar-refractivity contribution in [3.8, 4) is 0 Å². The van der Waals surface area contributed by atoms with E-state index in [0.29, 0.717) is 22.8 Å². The molecule has 0 aliphatic heterocycles. The number of nitrogens with one attached hydrogen (secondary N) is 3. The number of likely N-dealkylation sites (N-methyl/N-ethyl adjacent to an activating group) is 1. The van der Waals surface area contributed by atoms with E-state index in [4.69, 9.17) is 9.94 Å². The van der Waals surface area contributed by atoms with Gasteiger partial charge in [0, 0.05) is 19.7 Å². The third-order valence-corrected chi connectivity index (χ3v) is 5.87. The molecular weight excluding hydrogens is 504 g/mol. The van der Waals surface area contributed by atoms with Crippen molar-refractivity contribution in [2.45, 2.75) is 39.3 Å². The summed E-state index contributed by atoms with van der Waals surface area (Å²) >= 11 is 0. The molecule has 0 bridgehead atoms. The van der Waals surface area contributed by atoms with Gasteiger partial charge in [0.25, 0.3) is 0 Å². The largest absolute Gasteiger partial charge is 0.481 e. The highest BCUT2D eigenvalue weighted by atomic mass is 16.7. The zero-order valence-electron chi connectivity index (χ0n) is 22.2. The van der Waals surface area contributed by atoms with Crippen LogP contribution in [0.2, 0.25) is 0 Å². The Hall–Kier alpha value is -4.71. The number of anilines is 2. The molecule has 0 aliphatic rings. The van der Waals surface area contributed by atoms with Gasteiger partial charge in [-0.3, -0.25) is 24.3 Å². The van der Waals surface area contributed by atoms with Crippen molar-refractivity contribution in [1.29, 1.82) is 0 Å². The number of hydroxylamine groups is 1. The molecule has 0 spiro atoms. The first-order valence-electron chi connectivity index (χ1n) is 12.1. The number of H-pyrrole nitrogens is 1. The van der Waals surface area contributed by atoms with Crippen LogP contribution in [0.1, 0.15) is 41.9 Å². The molecule has 0 radical (unpaired) electrons. The highest BCUT2D eigenvalue weighted by Crippen LogP contribution is 2.21. The van der Waals surface area contributed by atoms with Crippen LogP contribution in [0, 0.1) is 6.92 Å². The van der Waals surface area contributed by atoms with Gasteiger partial charge in [-0.2, -0.15) is 10.2 Å². The maximum Gasteiger partial charge on any atom is 0.350 e. The maximum atomic E-state index is 12.8. The second kappa shape index (κ2) is 13.2. The molecule has 4 amide bonds. The van der Waals surface area contributed by atoms with Crippen molar-refractivity contribution in [3.05, 3.63) is 77.1 Å². The number of amides is 4. The molecule has 12 heteroatoms. The van der Waals surface area contributed by atoms with Crippen LogP contribution in [0.4, 0.5) is 16.2 Å². The number of aromatic amines is 1. The Morgan fingerprint density at radius 3 is 2.41 bits per heavy atom. The molecule has 39 heavy (non-hydrogen) atoms. The van der Waals surface area contributed by atoms with Crippen LogP contribution in [0.25, 0.3) is 0 Å². The van der Waals surface area contributed by atoms with Gasteiger partial charge in [-0.1, -0.05) is 30.3 Å². The predicted octanol–water partition coefficient (Wildman–Crippen LogP) is 3.17. The molecule has 1 atom stereocenters. The maximum absolute atomic E-state index is 12.8. The van der Waals surface area contributed by atoms with Crippen LogP contribution in [-0.2, 0) is 32.2 Å². The molecule has 3 aromatic rings. The lowest BCUT2D eigenvalue weighted by atomic mass is 10.1. The molecule has 1 aromatic heterocycles. The molecule has 2 aromatic carbocycles. The lowest BCUT2D eigenvalue weighted by Gasteiger charge is -2.22. The lowest BCUT2D eigenvalue weighted by molar-refractivity contribution is -0.137. The summed E-state index contributed by atoms with van der Waals surface area (Å²) in [6, 6.07) is 14.7. The summed E-state index contributed by atoms with van der Waals surface area (Å²) in [5.41, 5.74) is 3.76. The number of hydrogen-bond donors (Lipinski definition) is 4. The monoisotopic (exact) mass is 536 g/mol. The molecule has 0 fully saturated rings. The molecule has 1 heterocycles. The Bertz CT molecular complexity index is 1310. The Balaban J connectivity index is 1.57. The summed E-state index contributed by atoms with van der Waals surface area (Å²) in [7, 11) is 3.05. The first kappa shape index (κ1) is 28.9. The molecule has 1 unspecified atom stereocenters. The molecular formula is C27H32N6O6. The van der Waals surface area contributed by atoms with Crippen molar-refractivity contribution in [3.63, 3.8) is 0 Å². The van der Waals surface area contributed by atoms with Crippen molar-refractivity contribution < 1.29 is 29.1 Å². The number of urea groups is 1. The van der Waals surface area contributed by atoms with Crippen LogP contribution in [0.5, 0.6) is 0 Å². The smallest absolute Gasteiger partial charge is 0.350 e. The van der Waals surface area contributed by atoms with E-state index < -0.39 is 18.0 Å². The molecule has 0 saturated carbocycles.